The number of benzene rings is 2. The molecule has 7 nitrogen and oxygen atoms in total. The molecule has 4 aromatic rings. The Hall–Kier alpha value is -3.85. The third-order valence-electron chi connectivity index (χ3n) is 4.90. The number of ether oxygens (including phenoxy) is 2. The zero-order valence-corrected chi connectivity index (χ0v) is 18.8. The molecule has 0 aliphatic rings. The topological polar surface area (TPSA) is 93.6 Å². The lowest BCUT2D eigenvalue weighted by Gasteiger charge is -2.16. The van der Waals surface area contributed by atoms with Crippen molar-refractivity contribution in [1.29, 1.82) is 0 Å². The van der Waals surface area contributed by atoms with Crippen LogP contribution in [0.2, 0.25) is 0 Å². The first-order valence-electron chi connectivity index (χ1n) is 10.1. The molecule has 4 rings (SSSR count). The number of hydrogen-bond acceptors (Lipinski definition) is 6. The smallest absolute Gasteiger partial charge is 0.453 e. The Bertz CT molecular complexity index is 1560. The van der Waals surface area contributed by atoms with Gasteiger partial charge in [-0.1, -0.05) is 0 Å². The van der Waals surface area contributed by atoms with Crippen molar-refractivity contribution in [2.45, 2.75) is 25.2 Å². The lowest BCUT2D eigenvalue weighted by Crippen LogP contribution is -2.38. The van der Waals surface area contributed by atoms with E-state index in [2.05, 4.69) is 4.74 Å². The molecule has 0 saturated carbocycles. The second-order valence-corrected chi connectivity index (χ2v) is 8.57. The van der Waals surface area contributed by atoms with Gasteiger partial charge in [-0.05, 0) is 54.1 Å². The van der Waals surface area contributed by atoms with Crippen LogP contribution >= 0.6 is 11.3 Å². The van der Waals surface area contributed by atoms with E-state index in [0.29, 0.717) is 15.9 Å². The first-order chi connectivity index (χ1) is 17.2. The monoisotopic (exact) mass is 550 g/mol. The zero-order valence-electron chi connectivity index (χ0n) is 18.0. The number of aromatic amines is 1. The van der Waals surface area contributed by atoms with E-state index in [1.807, 2.05) is 4.98 Å². The van der Waals surface area contributed by atoms with E-state index in [1.165, 1.54) is 18.2 Å². The molecule has 0 aliphatic carbocycles. The van der Waals surface area contributed by atoms with E-state index in [9.17, 15) is 45.4 Å². The number of fused-ring (bicyclic) bond motifs is 1. The minimum atomic E-state index is -5.13. The fraction of sp³-hybridized carbons (Fsp3) is 0.182. The van der Waals surface area contributed by atoms with Gasteiger partial charge in [0.05, 0.1) is 12.1 Å². The molecule has 15 heteroatoms. The SMILES string of the molecule is O=c1[nH]c(=O)n(CC(O)C(F)(F)F)c2cc(-c3ccc(Oc4ccc(F)cc4)c(OC(F)(F)F)c3)sc12. The molecule has 2 aromatic heterocycles. The third kappa shape index (κ3) is 5.94. The van der Waals surface area contributed by atoms with Crippen LogP contribution in [0.15, 0.2) is 58.1 Å². The second kappa shape index (κ2) is 9.55. The number of nitrogens with zero attached hydrogens (tertiary/aromatic N) is 1. The average molecular weight is 550 g/mol. The molecule has 0 saturated heterocycles. The summed E-state index contributed by atoms with van der Waals surface area (Å²) in [4.78, 5) is 26.4. The summed E-state index contributed by atoms with van der Waals surface area (Å²) in [5.74, 6) is -1.79. The molecule has 2 N–H and O–H groups in total. The molecule has 0 aliphatic heterocycles. The van der Waals surface area contributed by atoms with Gasteiger partial charge in [0.15, 0.2) is 17.6 Å². The number of aliphatic hydroxyl groups is 1. The molecule has 1 unspecified atom stereocenters. The lowest BCUT2D eigenvalue weighted by atomic mass is 10.1. The molecule has 0 spiro atoms. The Kier molecular flexibility index (Phi) is 6.77. The lowest BCUT2D eigenvalue weighted by molar-refractivity contribution is -0.275. The van der Waals surface area contributed by atoms with Crippen LogP contribution in [0.4, 0.5) is 30.7 Å². The minimum absolute atomic E-state index is 0.00168. The van der Waals surface area contributed by atoms with Gasteiger partial charge in [0.2, 0.25) is 0 Å². The molecule has 1 atom stereocenters. The Balaban J connectivity index is 1.79. The van der Waals surface area contributed by atoms with Crippen molar-refractivity contribution >= 4 is 21.6 Å². The Labute approximate surface area is 204 Å². The quantitative estimate of drug-likeness (QED) is 0.323. The molecular weight excluding hydrogens is 537 g/mol. The number of nitrogens with one attached hydrogen (secondary N) is 1. The van der Waals surface area contributed by atoms with Crippen LogP contribution in [-0.4, -0.2) is 33.3 Å². The number of aromatic nitrogens is 2. The van der Waals surface area contributed by atoms with Crippen LogP contribution in [0.25, 0.3) is 20.7 Å². The summed E-state index contributed by atoms with van der Waals surface area (Å²) in [5, 5.41) is 9.40. The predicted octanol–water partition coefficient (Wildman–Crippen LogP) is 5.17. The molecule has 2 heterocycles. The maximum Gasteiger partial charge on any atom is 0.573 e. The van der Waals surface area contributed by atoms with Crippen LogP contribution in [0.5, 0.6) is 17.2 Å². The summed E-state index contributed by atoms with van der Waals surface area (Å²) in [5.41, 5.74) is -2.37. The normalized spacial score (nSPS) is 13.1. The molecule has 37 heavy (non-hydrogen) atoms. The van der Waals surface area contributed by atoms with Crippen LogP contribution in [0.3, 0.4) is 0 Å². The summed E-state index contributed by atoms with van der Waals surface area (Å²) in [6.45, 7) is -1.22. The summed E-state index contributed by atoms with van der Waals surface area (Å²) in [6.07, 6.45) is -13.1. The van der Waals surface area contributed by atoms with Gasteiger partial charge >= 0.3 is 18.2 Å². The third-order valence-corrected chi connectivity index (χ3v) is 6.08. The summed E-state index contributed by atoms with van der Waals surface area (Å²) < 4.78 is 101. The molecule has 0 amide bonds. The number of aliphatic hydroxyl groups excluding tert-OH is 1. The van der Waals surface area contributed by atoms with E-state index in [4.69, 9.17) is 4.74 Å². The minimum Gasteiger partial charge on any atom is -0.453 e. The first-order valence-corrected chi connectivity index (χ1v) is 10.9. The number of alkyl halides is 6. The number of rotatable bonds is 6. The Morgan fingerprint density at radius 1 is 0.973 bits per heavy atom. The maximum absolute atomic E-state index is 13.1. The van der Waals surface area contributed by atoms with Gasteiger partial charge in [0.25, 0.3) is 5.56 Å². The summed E-state index contributed by atoms with van der Waals surface area (Å²) >= 11 is 0.687. The fourth-order valence-electron chi connectivity index (χ4n) is 3.26. The van der Waals surface area contributed by atoms with Gasteiger partial charge in [0.1, 0.15) is 16.3 Å². The molecule has 196 valence electrons. The average Bonchev–Trinajstić information content (AvgIpc) is 3.23. The van der Waals surface area contributed by atoms with Crippen LogP contribution < -0.4 is 20.7 Å². The van der Waals surface area contributed by atoms with Crippen molar-refractivity contribution in [3.63, 3.8) is 0 Å². The van der Waals surface area contributed by atoms with Crippen molar-refractivity contribution in [2.75, 3.05) is 0 Å². The van der Waals surface area contributed by atoms with Gasteiger partial charge < -0.3 is 14.6 Å². The van der Waals surface area contributed by atoms with Crippen LogP contribution in [-0.2, 0) is 6.54 Å². The maximum atomic E-state index is 13.1. The molecule has 0 fully saturated rings. The van der Waals surface area contributed by atoms with Crippen molar-refractivity contribution in [3.8, 4) is 27.7 Å². The first kappa shape index (κ1) is 26.2. The van der Waals surface area contributed by atoms with Gasteiger partial charge in [-0.2, -0.15) is 13.2 Å². The molecule has 0 bridgehead atoms. The van der Waals surface area contributed by atoms with Crippen molar-refractivity contribution in [3.05, 3.63) is 75.2 Å². The van der Waals surface area contributed by atoms with E-state index >= 15 is 0 Å². The standard InChI is InChI=1S/C22H13F7N2O5S/c23-11-2-4-12(5-3-11)35-14-6-1-10(7-15(14)36-22(27,28)29)16-8-13-18(37-16)19(33)30-20(34)31(13)9-17(32)21(24,25)26/h1-8,17,32H,9H2,(H,30,33,34). The van der Waals surface area contributed by atoms with E-state index in [1.54, 1.807) is 0 Å². The largest absolute Gasteiger partial charge is 0.573 e. The Morgan fingerprint density at radius 3 is 2.27 bits per heavy atom. The highest BCUT2D eigenvalue weighted by Crippen LogP contribution is 2.40. The number of hydrogen-bond donors (Lipinski definition) is 2. The second-order valence-electron chi connectivity index (χ2n) is 7.52. The number of H-pyrrole nitrogens is 1. The van der Waals surface area contributed by atoms with Crippen molar-refractivity contribution < 1.29 is 45.3 Å². The van der Waals surface area contributed by atoms with Crippen molar-refractivity contribution in [2.24, 2.45) is 0 Å². The van der Waals surface area contributed by atoms with Crippen LogP contribution in [0.1, 0.15) is 0 Å². The highest BCUT2D eigenvalue weighted by atomic mass is 32.1. The van der Waals surface area contributed by atoms with Gasteiger partial charge in [-0.3, -0.25) is 14.3 Å². The summed E-state index contributed by atoms with van der Waals surface area (Å²) in [6, 6.07) is 8.84. The van der Waals surface area contributed by atoms with Gasteiger partial charge in [-0.25, -0.2) is 9.18 Å². The zero-order chi connectivity index (χ0) is 27.1. The number of halogens is 7. The Morgan fingerprint density at radius 2 is 1.65 bits per heavy atom. The molecule has 0 radical (unpaired) electrons. The van der Waals surface area contributed by atoms with Gasteiger partial charge in [-0.15, -0.1) is 24.5 Å². The van der Waals surface area contributed by atoms with Crippen molar-refractivity contribution in [1.82, 2.24) is 9.55 Å². The van der Waals surface area contributed by atoms with Gasteiger partial charge in [0, 0.05) is 4.88 Å². The fourth-order valence-corrected chi connectivity index (χ4v) is 4.31. The molecule has 2 aromatic carbocycles. The van der Waals surface area contributed by atoms with E-state index < -0.39 is 53.8 Å². The van der Waals surface area contributed by atoms with Crippen LogP contribution in [0, 0.1) is 5.82 Å². The van der Waals surface area contributed by atoms with E-state index in [-0.39, 0.29) is 26.4 Å². The summed E-state index contributed by atoms with van der Waals surface area (Å²) in [7, 11) is 0. The highest BCUT2D eigenvalue weighted by Gasteiger charge is 2.39. The molecular formula is C22H13F7N2O5S. The number of thiophene rings is 1. The van der Waals surface area contributed by atoms with E-state index in [0.717, 1.165) is 30.3 Å². The highest BCUT2D eigenvalue weighted by molar-refractivity contribution is 7.22. The predicted molar refractivity (Wildman–Crippen MR) is 117 cm³/mol.